The third-order valence-electron chi connectivity index (χ3n) is 4.22. The van der Waals surface area contributed by atoms with Crippen molar-refractivity contribution < 1.29 is 9.21 Å². The fraction of sp³-hybridized carbons (Fsp3) is 0.0909. The molecule has 29 heavy (non-hydrogen) atoms. The number of furan rings is 1. The molecular weight excluding hydrogens is 427 g/mol. The van der Waals surface area contributed by atoms with Gasteiger partial charge in [-0.1, -0.05) is 29.3 Å². The minimum absolute atomic E-state index is 0.219. The summed E-state index contributed by atoms with van der Waals surface area (Å²) in [5.74, 6) is 0.724. The van der Waals surface area contributed by atoms with Gasteiger partial charge in [-0.3, -0.25) is 10.1 Å². The van der Waals surface area contributed by atoms with E-state index in [2.05, 4.69) is 10.6 Å². The van der Waals surface area contributed by atoms with Crippen molar-refractivity contribution in [2.45, 2.75) is 13.8 Å². The topological polar surface area (TPSA) is 54.3 Å². The lowest BCUT2D eigenvalue weighted by Crippen LogP contribution is -2.32. The van der Waals surface area contributed by atoms with Crippen LogP contribution < -0.4 is 10.6 Å². The molecule has 0 spiro atoms. The van der Waals surface area contributed by atoms with E-state index in [0.29, 0.717) is 21.6 Å². The van der Waals surface area contributed by atoms with Crippen molar-refractivity contribution in [2.24, 2.45) is 0 Å². The van der Waals surface area contributed by atoms with E-state index in [1.165, 1.54) is 11.6 Å². The Hall–Kier alpha value is -2.60. The molecule has 0 aliphatic heterocycles. The van der Waals surface area contributed by atoms with E-state index in [0.717, 1.165) is 16.8 Å². The maximum absolute atomic E-state index is 12.1. The second kappa shape index (κ2) is 9.27. The Labute approximate surface area is 184 Å². The Morgan fingerprint density at radius 3 is 2.55 bits per heavy atom. The maximum atomic E-state index is 12.1. The van der Waals surface area contributed by atoms with Crippen LogP contribution in [-0.2, 0) is 4.79 Å². The monoisotopic (exact) mass is 444 g/mol. The van der Waals surface area contributed by atoms with Crippen molar-refractivity contribution in [1.29, 1.82) is 0 Å². The smallest absolute Gasteiger partial charge is 0.250 e. The summed E-state index contributed by atoms with van der Waals surface area (Å²) in [6, 6.07) is 14.5. The lowest BCUT2D eigenvalue weighted by atomic mass is 10.1. The molecule has 1 aromatic heterocycles. The molecule has 7 heteroatoms. The summed E-state index contributed by atoms with van der Waals surface area (Å²) in [6.07, 6.45) is 2.90. The maximum Gasteiger partial charge on any atom is 0.250 e. The average Bonchev–Trinajstić information content (AvgIpc) is 3.11. The van der Waals surface area contributed by atoms with Crippen LogP contribution in [0.4, 0.5) is 5.69 Å². The van der Waals surface area contributed by atoms with E-state index in [1.54, 1.807) is 36.4 Å². The minimum Gasteiger partial charge on any atom is -0.457 e. The number of anilines is 1. The van der Waals surface area contributed by atoms with Crippen LogP contribution in [0, 0.1) is 13.8 Å². The van der Waals surface area contributed by atoms with E-state index in [1.807, 2.05) is 32.0 Å². The molecule has 0 unspecified atom stereocenters. The Bertz CT molecular complexity index is 1110. The molecule has 0 aliphatic carbocycles. The summed E-state index contributed by atoms with van der Waals surface area (Å²) in [7, 11) is 0. The Morgan fingerprint density at radius 1 is 1.03 bits per heavy atom. The summed E-state index contributed by atoms with van der Waals surface area (Å²) in [6.45, 7) is 4.05. The van der Waals surface area contributed by atoms with Crippen molar-refractivity contribution in [2.75, 3.05) is 5.32 Å². The van der Waals surface area contributed by atoms with E-state index >= 15 is 0 Å². The second-order valence-electron chi connectivity index (χ2n) is 6.40. The summed E-state index contributed by atoms with van der Waals surface area (Å²) < 4.78 is 5.72. The van der Waals surface area contributed by atoms with Gasteiger partial charge >= 0.3 is 0 Å². The first-order chi connectivity index (χ1) is 13.8. The number of carbonyl (C=O) groups is 1. The van der Waals surface area contributed by atoms with Gasteiger partial charge < -0.3 is 9.73 Å². The molecule has 0 saturated heterocycles. The standard InChI is InChI=1S/C22H18Cl2N2O2S/c1-13-3-5-16(11-14(13)2)25-22(29)26-21(27)10-7-17-6-9-20(28-17)18-8-4-15(23)12-19(18)24/h3-12H,1-2H3,(H2,25,26,27,29)/b10-7+. The van der Waals surface area contributed by atoms with Crippen LogP contribution in [0.2, 0.25) is 10.0 Å². The molecule has 0 atom stereocenters. The Balaban J connectivity index is 1.59. The third-order valence-corrected chi connectivity index (χ3v) is 4.98. The fourth-order valence-electron chi connectivity index (χ4n) is 2.57. The molecule has 3 aromatic rings. The van der Waals surface area contributed by atoms with E-state index in [9.17, 15) is 4.79 Å². The van der Waals surface area contributed by atoms with Crippen molar-refractivity contribution in [3.05, 3.63) is 81.5 Å². The third kappa shape index (κ3) is 5.70. The molecule has 0 radical (unpaired) electrons. The number of carbonyl (C=O) groups excluding carboxylic acids is 1. The summed E-state index contributed by atoms with van der Waals surface area (Å²) in [5.41, 5.74) is 3.86. The normalized spacial score (nSPS) is 10.9. The molecular formula is C22H18Cl2N2O2S. The Morgan fingerprint density at radius 2 is 1.83 bits per heavy atom. The number of amides is 1. The quantitative estimate of drug-likeness (QED) is 0.361. The largest absolute Gasteiger partial charge is 0.457 e. The molecule has 3 rings (SSSR count). The first kappa shape index (κ1) is 21.1. The molecule has 2 aromatic carbocycles. The van der Waals surface area contributed by atoms with Gasteiger partial charge in [-0.05, 0) is 85.7 Å². The summed E-state index contributed by atoms with van der Waals surface area (Å²) in [5, 5.41) is 6.85. The highest BCUT2D eigenvalue weighted by molar-refractivity contribution is 7.80. The summed E-state index contributed by atoms with van der Waals surface area (Å²) in [4.78, 5) is 12.1. The van der Waals surface area contributed by atoms with Gasteiger partial charge in [0.05, 0.1) is 5.02 Å². The van der Waals surface area contributed by atoms with Gasteiger partial charge in [-0.2, -0.15) is 0 Å². The molecule has 2 N–H and O–H groups in total. The number of hydrogen-bond acceptors (Lipinski definition) is 3. The molecule has 0 bridgehead atoms. The minimum atomic E-state index is -0.367. The second-order valence-corrected chi connectivity index (χ2v) is 7.65. The fourth-order valence-corrected chi connectivity index (χ4v) is 3.29. The van der Waals surface area contributed by atoms with E-state index in [4.69, 9.17) is 39.8 Å². The van der Waals surface area contributed by atoms with E-state index in [-0.39, 0.29) is 11.0 Å². The lowest BCUT2D eigenvalue weighted by Gasteiger charge is -2.09. The number of benzene rings is 2. The van der Waals surface area contributed by atoms with E-state index < -0.39 is 0 Å². The van der Waals surface area contributed by atoms with Crippen LogP contribution in [0.25, 0.3) is 17.4 Å². The molecule has 0 saturated carbocycles. The average molecular weight is 445 g/mol. The van der Waals surface area contributed by atoms with Gasteiger partial charge in [-0.25, -0.2) is 0 Å². The summed E-state index contributed by atoms with van der Waals surface area (Å²) >= 11 is 17.3. The predicted molar refractivity (Wildman–Crippen MR) is 123 cm³/mol. The van der Waals surface area contributed by atoms with Gasteiger partial charge in [-0.15, -0.1) is 0 Å². The number of nitrogens with one attached hydrogen (secondary N) is 2. The van der Waals surface area contributed by atoms with Crippen LogP contribution >= 0.6 is 35.4 Å². The Kier molecular flexibility index (Phi) is 6.75. The number of hydrogen-bond donors (Lipinski definition) is 2. The predicted octanol–water partition coefficient (Wildman–Crippen LogP) is 6.40. The van der Waals surface area contributed by atoms with Gasteiger partial charge in [0.2, 0.25) is 5.91 Å². The van der Waals surface area contributed by atoms with Crippen LogP contribution in [0.15, 0.2) is 59.0 Å². The number of thiocarbonyl (C=S) groups is 1. The number of aryl methyl sites for hydroxylation is 2. The molecule has 0 fully saturated rings. The lowest BCUT2D eigenvalue weighted by molar-refractivity contribution is -0.115. The van der Waals surface area contributed by atoms with Gasteiger partial charge in [0, 0.05) is 22.3 Å². The van der Waals surface area contributed by atoms with Crippen molar-refractivity contribution in [3.8, 4) is 11.3 Å². The van der Waals surface area contributed by atoms with Crippen LogP contribution in [0.5, 0.6) is 0 Å². The first-order valence-corrected chi connectivity index (χ1v) is 9.91. The molecule has 4 nitrogen and oxygen atoms in total. The zero-order valence-corrected chi connectivity index (χ0v) is 18.1. The number of rotatable bonds is 4. The zero-order valence-electron chi connectivity index (χ0n) is 15.8. The van der Waals surface area contributed by atoms with Crippen molar-refractivity contribution >= 4 is 58.2 Å². The SMILES string of the molecule is Cc1ccc(NC(=S)NC(=O)/C=C/c2ccc(-c3ccc(Cl)cc3Cl)o2)cc1C. The highest BCUT2D eigenvalue weighted by Crippen LogP contribution is 2.31. The molecule has 0 aliphatic rings. The highest BCUT2D eigenvalue weighted by Gasteiger charge is 2.09. The van der Waals surface area contributed by atoms with Gasteiger partial charge in [0.25, 0.3) is 0 Å². The van der Waals surface area contributed by atoms with Crippen LogP contribution in [0.3, 0.4) is 0 Å². The molecule has 148 valence electrons. The van der Waals surface area contributed by atoms with Crippen LogP contribution in [-0.4, -0.2) is 11.0 Å². The molecule has 1 heterocycles. The van der Waals surface area contributed by atoms with Crippen molar-refractivity contribution in [1.82, 2.24) is 5.32 Å². The number of halogens is 2. The first-order valence-electron chi connectivity index (χ1n) is 8.74. The van der Waals surface area contributed by atoms with Gasteiger partial charge in [0.15, 0.2) is 5.11 Å². The molecule has 1 amide bonds. The highest BCUT2D eigenvalue weighted by atomic mass is 35.5. The van der Waals surface area contributed by atoms with Crippen molar-refractivity contribution in [3.63, 3.8) is 0 Å². The van der Waals surface area contributed by atoms with Gasteiger partial charge in [0.1, 0.15) is 11.5 Å². The zero-order chi connectivity index (χ0) is 21.0. The van der Waals surface area contributed by atoms with Crippen LogP contribution in [0.1, 0.15) is 16.9 Å².